The minimum atomic E-state index is -2.02. The molecule has 48 heavy (non-hydrogen) atoms. The second-order valence-corrected chi connectivity index (χ2v) is 12.3. The number of allylic oxidation sites excluding steroid dienone is 4. The molecule has 0 radical (unpaired) electrons. The molecule has 3 aromatic rings. The molecule has 12 heteroatoms. The van der Waals surface area contributed by atoms with E-state index in [9.17, 15) is 23.5 Å². The summed E-state index contributed by atoms with van der Waals surface area (Å²) in [6, 6.07) is 7.13. The molecule has 0 aromatic carbocycles. The van der Waals surface area contributed by atoms with Crippen molar-refractivity contribution in [1.29, 1.82) is 0 Å². The van der Waals surface area contributed by atoms with Crippen molar-refractivity contribution in [3.05, 3.63) is 75.4 Å². The summed E-state index contributed by atoms with van der Waals surface area (Å²) < 4.78 is 37.8. The molecule has 0 amide bonds. The van der Waals surface area contributed by atoms with Crippen molar-refractivity contribution < 1.29 is 33.0 Å². The molecule has 1 atom stereocenters. The molecule has 0 aliphatic carbocycles. The van der Waals surface area contributed by atoms with Crippen molar-refractivity contribution in [1.82, 2.24) is 19.9 Å². The number of esters is 2. The highest BCUT2D eigenvalue weighted by atomic mass is 35.5. The predicted molar refractivity (Wildman–Crippen MR) is 184 cm³/mol. The first-order valence-corrected chi connectivity index (χ1v) is 15.8. The Kier molecular flexibility index (Phi) is 10.0. The smallest absolute Gasteiger partial charge is 0.305 e. The number of hydrogen-bond donors (Lipinski definition) is 3. The number of halogens is 3. The molecule has 5 heterocycles. The third-order valence-electron chi connectivity index (χ3n) is 9.00. The number of carbonyl (C=O) groups excluding carboxylic acids is 2. The third kappa shape index (κ3) is 6.57. The first kappa shape index (κ1) is 34.7. The van der Waals surface area contributed by atoms with Gasteiger partial charge in [-0.15, -0.1) is 0 Å². The van der Waals surface area contributed by atoms with Crippen molar-refractivity contribution >= 4 is 72.9 Å². The highest BCUT2D eigenvalue weighted by molar-refractivity contribution is 6.50. The van der Waals surface area contributed by atoms with Crippen molar-refractivity contribution in [3.8, 4) is 0 Å². The number of aromatic nitrogens is 4. The monoisotopic (exact) mass is 678 g/mol. The van der Waals surface area contributed by atoms with Crippen molar-refractivity contribution in [3.63, 3.8) is 0 Å². The molecule has 0 saturated heterocycles. The Morgan fingerprint density at radius 3 is 1.73 bits per heavy atom. The van der Waals surface area contributed by atoms with Crippen LogP contribution in [0.15, 0.2) is 30.3 Å². The average molecular weight is 679 g/mol. The second kappa shape index (κ2) is 13.9. The number of hydrogen-bond acceptors (Lipinski definition) is 7. The van der Waals surface area contributed by atoms with Crippen LogP contribution in [0, 0.1) is 13.8 Å². The number of carbonyl (C=O) groups is 2. The van der Waals surface area contributed by atoms with Crippen LogP contribution in [-0.2, 0) is 19.1 Å². The van der Waals surface area contributed by atoms with Crippen LogP contribution in [0.1, 0.15) is 97.6 Å². The van der Waals surface area contributed by atoms with Crippen LogP contribution in [0.2, 0.25) is 0 Å². The van der Waals surface area contributed by atoms with Crippen LogP contribution in [0.4, 0.5) is 8.78 Å². The minimum absolute atomic E-state index is 0.113. The summed E-state index contributed by atoms with van der Waals surface area (Å²) in [7, 11) is 2.67. The molecule has 0 spiro atoms. The Morgan fingerprint density at radius 2 is 1.25 bits per heavy atom. The van der Waals surface area contributed by atoms with Gasteiger partial charge in [0.25, 0.3) is 6.08 Å². The van der Waals surface area contributed by atoms with Crippen LogP contribution in [-0.4, -0.2) is 51.2 Å². The SMILES string of the molecule is COC(=O)CCC1=C(C)c2cc3[nH]c(cc4[nH]c(cc5nc(cc1n2)C(CCC(=O)OC)=C5C)c(C(C)O)c4C)c(C(Cl)=C(F)F)c3C. The summed E-state index contributed by atoms with van der Waals surface area (Å²) in [5.41, 5.74) is 9.60. The molecular weight excluding hydrogens is 642 g/mol. The first-order valence-electron chi connectivity index (χ1n) is 15.4. The lowest BCUT2D eigenvalue weighted by molar-refractivity contribution is -0.141. The summed E-state index contributed by atoms with van der Waals surface area (Å²) in [6.07, 6.45) is -1.95. The van der Waals surface area contributed by atoms with Gasteiger partial charge in [-0.3, -0.25) is 9.59 Å². The van der Waals surface area contributed by atoms with Gasteiger partial charge in [0.2, 0.25) is 0 Å². The van der Waals surface area contributed by atoms with E-state index in [0.29, 0.717) is 68.8 Å². The number of methoxy groups -OCH3 is 2. The van der Waals surface area contributed by atoms with Crippen LogP contribution in [0.3, 0.4) is 0 Å². The molecule has 9 nitrogen and oxygen atoms in total. The van der Waals surface area contributed by atoms with E-state index in [1.54, 1.807) is 26.0 Å². The molecular formula is C36H37ClF2N4O5. The zero-order valence-electron chi connectivity index (χ0n) is 27.8. The molecule has 1 unspecified atom stereocenters. The quantitative estimate of drug-likeness (QED) is 0.204. The number of aliphatic hydroxyl groups is 1. The molecule has 3 N–H and O–H groups in total. The Hall–Kier alpha value is -4.61. The van der Waals surface area contributed by atoms with Gasteiger partial charge in [-0.25, -0.2) is 9.97 Å². The number of nitrogens with zero attached hydrogens (tertiary/aromatic N) is 2. The summed E-state index contributed by atoms with van der Waals surface area (Å²) in [5.74, 6) is -0.736. The van der Waals surface area contributed by atoms with Gasteiger partial charge in [0.05, 0.1) is 43.1 Å². The fraction of sp³-hybridized carbons (Fsp3) is 0.333. The number of aryl methyl sites for hydroxylation is 2. The van der Waals surface area contributed by atoms with Gasteiger partial charge in [-0.2, -0.15) is 8.78 Å². The molecule has 0 saturated carbocycles. The predicted octanol–water partition coefficient (Wildman–Crippen LogP) is 8.56. The minimum Gasteiger partial charge on any atom is -0.469 e. The van der Waals surface area contributed by atoms with Crippen LogP contribution in [0.25, 0.3) is 49.4 Å². The van der Waals surface area contributed by atoms with Gasteiger partial charge < -0.3 is 24.5 Å². The van der Waals surface area contributed by atoms with Gasteiger partial charge in [0.1, 0.15) is 5.03 Å². The van der Waals surface area contributed by atoms with E-state index in [1.807, 2.05) is 32.9 Å². The number of aliphatic hydroxyl groups excluding tert-OH is 1. The zero-order valence-corrected chi connectivity index (χ0v) is 28.6. The fourth-order valence-corrected chi connectivity index (χ4v) is 6.57. The van der Waals surface area contributed by atoms with Gasteiger partial charge >= 0.3 is 11.9 Å². The normalized spacial score (nSPS) is 13.6. The van der Waals surface area contributed by atoms with E-state index >= 15 is 0 Å². The van der Waals surface area contributed by atoms with Crippen molar-refractivity contribution in [2.45, 2.75) is 66.4 Å². The number of rotatable bonds is 8. The average Bonchev–Trinajstić information content (AvgIpc) is 3.71. The van der Waals surface area contributed by atoms with Crippen LogP contribution in [0.5, 0.6) is 0 Å². The summed E-state index contributed by atoms with van der Waals surface area (Å²) in [6.45, 7) is 8.99. The van der Waals surface area contributed by atoms with E-state index in [-0.39, 0.29) is 30.3 Å². The topological polar surface area (TPSA) is 130 Å². The number of H-pyrrole nitrogens is 2. The summed E-state index contributed by atoms with van der Waals surface area (Å²) in [5, 5.41) is 10.2. The first-order chi connectivity index (χ1) is 22.7. The molecule has 2 aliphatic rings. The fourth-order valence-electron chi connectivity index (χ4n) is 6.33. The van der Waals surface area contributed by atoms with E-state index in [0.717, 1.165) is 27.9 Å². The number of aromatic amines is 2. The zero-order chi connectivity index (χ0) is 35.0. The number of fused-ring (bicyclic) bond motifs is 8. The standard InChI is InChI=1S/C36H37ClF2N4O5/c1-16-21(8-10-31(45)47-6)27-15-28-22(9-11-32(46)48-7)17(2)24(41-28)13-29-33(20(5)44)18(3)26(42-29)14-30-34(35(37)36(38)39)19(4)25(43-30)12-23(16)40-27/h12-15,20,42-44H,8-11H2,1-7H3. The molecule has 5 rings (SSSR count). The molecule has 3 aromatic heterocycles. The molecule has 8 bridgehead atoms. The largest absolute Gasteiger partial charge is 0.469 e. The molecule has 2 aliphatic heterocycles. The lowest BCUT2D eigenvalue weighted by Crippen LogP contribution is -2.01. The van der Waals surface area contributed by atoms with Gasteiger partial charge in [-0.1, -0.05) is 11.6 Å². The van der Waals surface area contributed by atoms with Crippen LogP contribution < -0.4 is 0 Å². The molecule has 0 fully saturated rings. The van der Waals surface area contributed by atoms with E-state index < -0.39 is 17.2 Å². The summed E-state index contributed by atoms with van der Waals surface area (Å²) >= 11 is 6.22. The van der Waals surface area contributed by atoms with E-state index in [4.69, 9.17) is 31.0 Å². The Labute approximate surface area is 281 Å². The van der Waals surface area contributed by atoms with Crippen molar-refractivity contribution in [2.24, 2.45) is 0 Å². The maximum absolute atomic E-state index is 14.0. The Balaban J connectivity index is 1.94. The van der Waals surface area contributed by atoms with Gasteiger partial charge in [0, 0.05) is 46.0 Å². The van der Waals surface area contributed by atoms with Crippen molar-refractivity contribution in [2.75, 3.05) is 14.2 Å². The lowest BCUT2D eigenvalue weighted by atomic mass is 9.98. The summed E-state index contributed by atoms with van der Waals surface area (Å²) in [4.78, 5) is 40.9. The highest BCUT2D eigenvalue weighted by Gasteiger charge is 2.24. The van der Waals surface area contributed by atoms with Gasteiger partial charge in [0.15, 0.2) is 0 Å². The second-order valence-electron chi connectivity index (χ2n) is 11.9. The van der Waals surface area contributed by atoms with E-state index in [2.05, 4.69) is 9.97 Å². The Bertz CT molecular complexity index is 2100. The van der Waals surface area contributed by atoms with Crippen LogP contribution >= 0.6 is 11.6 Å². The maximum atomic E-state index is 14.0. The van der Waals surface area contributed by atoms with Gasteiger partial charge in [-0.05, 0) is 105 Å². The number of ether oxygens (including phenoxy) is 2. The third-order valence-corrected chi connectivity index (χ3v) is 9.33. The van der Waals surface area contributed by atoms with E-state index in [1.165, 1.54) is 14.2 Å². The Morgan fingerprint density at radius 1 is 0.771 bits per heavy atom. The molecule has 252 valence electrons. The highest BCUT2D eigenvalue weighted by Crippen LogP contribution is 2.39. The maximum Gasteiger partial charge on any atom is 0.305 e. The lowest BCUT2D eigenvalue weighted by Gasteiger charge is -2.06. The number of nitrogens with one attached hydrogen (secondary N) is 2.